The molecule has 0 amide bonds. The van der Waals surface area contributed by atoms with Crippen LogP contribution in [0.1, 0.15) is 55.5 Å². The molecule has 1 saturated carbocycles. The summed E-state index contributed by atoms with van der Waals surface area (Å²) in [7, 11) is 0. The van der Waals surface area contributed by atoms with E-state index in [-0.39, 0.29) is 11.7 Å². The summed E-state index contributed by atoms with van der Waals surface area (Å²) < 4.78 is 30.8. The fraction of sp³-hybridized carbons (Fsp3) is 0.209. The molecule has 1 atom stereocenters. The lowest BCUT2D eigenvalue weighted by molar-refractivity contribution is 0.293. The molecule has 4 aromatic heterocycles. The third-order valence-electron chi connectivity index (χ3n) is 10.1. The highest BCUT2D eigenvalue weighted by Gasteiger charge is 2.44. The molecule has 258 valence electrons. The van der Waals surface area contributed by atoms with Gasteiger partial charge in [0.25, 0.3) is 0 Å². The highest BCUT2D eigenvalue weighted by molar-refractivity contribution is 5.84. The maximum atomic E-state index is 14.8. The Hall–Kier alpha value is -6.09. The number of nitrogens with zero attached hydrogens (tertiary/aromatic N) is 6. The molecule has 0 aliphatic heterocycles. The van der Waals surface area contributed by atoms with Gasteiger partial charge in [0.2, 0.25) is 11.7 Å². The molecule has 1 unspecified atom stereocenters. The molecule has 0 N–H and O–H groups in total. The molecule has 1 fully saturated rings. The van der Waals surface area contributed by atoms with Crippen LogP contribution in [-0.2, 0) is 5.54 Å². The molecule has 0 spiro atoms. The summed E-state index contributed by atoms with van der Waals surface area (Å²) in [6.45, 7) is 2.48. The summed E-state index contributed by atoms with van der Waals surface area (Å²) in [4.78, 5) is 9.38. The maximum absolute atomic E-state index is 14.8. The van der Waals surface area contributed by atoms with Crippen LogP contribution < -0.4 is 4.74 Å². The second-order valence-corrected chi connectivity index (χ2v) is 13.5. The Morgan fingerprint density at radius 3 is 2.40 bits per heavy atom. The Balaban J connectivity index is 1.31. The van der Waals surface area contributed by atoms with Crippen LogP contribution in [0, 0.1) is 11.7 Å². The van der Waals surface area contributed by atoms with Crippen molar-refractivity contribution in [2.75, 3.05) is 6.61 Å². The summed E-state index contributed by atoms with van der Waals surface area (Å²) >= 11 is 0. The van der Waals surface area contributed by atoms with Crippen LogP contribution in [0.3, 0.4) is 0 Å². The smallest absolute Gasteiger partial charge is 0.230 e. The van der Waals surface area contributed by atoms with Gasteiger partial charge in [-0.3, -0.25) is 9.08 Å². The molecule has 3 aromatic carbocycles. The van der Waals surface area contributed by atoms with Crippen molar-refractivity contribution in [3.8, 4) is 39.7 Å². The Labute approximate surface area is 300 Å². The minimum Gasteiger partial charge on any atom is -0.493 e. The van der Waals surface area contributed by atoms with Crippen molar-refractivity contribution in [2.24, 2.45) is 5.92 Å². The van der Waals surface area contributed by atoms with Crippen molar-refractivity contribution in [3.05, 3.63) is 157 Å². The molecule has 0 saturated heterocycles. The Kier molecular flexibility index (Phi) is 8.10. The minimum atomic E-state index is -0.741. The second-order valence-electron chi connectivity index (χ2n) is 13.5. The standard InChI is InChI=1S/C43H37FN6O2/c1-2-24-51-38-25-34(44)21-22-35(38)40-36(30-20-23-39-45-26-37(49(39)27-30)41-46-42(52-48-41)29-18-19-29)28-50(47-40)43(31-12-6-3-7-13-31,32-14-8-4-9-15-32)33-16-10-5-11-17-33/h3-16,20-23,25-29,33H,2,17-19,24H2,1H3. The number of rotatable bonds is 11. The lowest BCUT2D eigenvalue weighted by Crippen LogP contribution is -2.43. The van der Waals surface area contributed by atoms with Crippen LogP contribution in [0.25, 0.3) is 39.5 Å². The van der Waals surface area contributed by atoms with Crippen molar-refractivity contribution in [2.45, 2.75) is 44.1 Å². The van der Waals surface area contributed by atoms with E-state index in [0.717, 1.165) is 59.3 Å². The van der Waals surface area contributed by atoms with E-state index in [1.54, 1.807) is 12.3 Å². The first-order chi connectivity index (χ1) is 25.6. The van der Waals surface area contributed by atoms with Crippen LogP contribution >= 0.6 is 0 Å². The highest BCUT2D eigenvalue weighted by atomic mass is 19.1. The summed E-state index contributed by atoms with van der Waals surface area (Å²) in [5.41, 5.74) is 6.07. The molecular weight excluding hydrogens is 652 g/mol. The number of benzene rings is 3. The monoisotopic (exact) mass is 688 g/mol. The van der Waals surface area contributed by atoms with Gasteiger partial charge >= 0.3 is 0 Å². The number of hydrogen-bond donors (Lipinski definition) is 0. The predicted octanol–water partition coefficient (Wildman–Crippen LogP) is 9.64. The number of halogens is 1. The Morgan fingerprint density at radius 2 is 1.69 bits per heavy atom. The normalized spacial score (nSPS) is 15.8. The van der Waals surface area contributed by atoms with Gasteiger partial charge in [-0.05, 0) is 61.1 Å². The van der Waals surface area contributed by atoms with Gasteiger partial charge in [0.1, 0.15) is 34.1 Å². The van der Waals surface area contributed by atoms with Gasteiger partial charge in [0.05, 0.1) is 12.8 Å². The van der Waals surface area contributed by atoms with Crippen LogP contribution in [0.4, 0.5) is 4.39 Å². The van der Waals surface area contributed by atoms with Crippen molar-refractivity contribution >= 4 is 5.65 Å². The van der Waals surface area contributed by atoms with Crippen LogP contribution in [0.2, 0.25) is 0 Å². The molecule has 2 aliphatic carbocycles. The molecule has 9 rings (SSSR count). The molecular formula is C43H37FN6O2. The molecule has 7 aromatic rings. The van der Waals surface area contributed by atoms with Gasteiger partial charge in [-0.2, -0.15) is 10.1 Å². The van der Waals surface area contributed by atoms with E-state index in [4.69, 9.17) is 19.3 Å². The first-order valence-corrected chi connectivity index (χ1v) is 17.9. The summed E-state index contributed by atoms with van der Waals surface area (Å²) in [5.74, 6) is 1.61. The first-order valence-electron chi connectivity index (χ1n) is 17.9. The van der Waals surface area contributed by atoms with E-state index in [1.807, 2.05) is 35.7 Å². The third-order valence-corrected chi connectivity index (χ3v) is 10.1. The molecule has 52 heavy (non-hydrogen) atoms. The number of fused-ring (bicyclic) bond motifs is 1. The topological polar surface area (TPSA) is 83.3 Å². The van der Waals surface area contributed by atoms with Gasteiger partial charge in [-0.1, -0.05) is 97.0 Å². The van der Waals surface area contributed by atoms with Crippen molar-refractivity contribution < 1.29 is 13.7 Å². The third kappa shape index (κ3) is 5.53. The van der Waals surface area contributed by atoms with E-state index in [9.17, 15) is 4.39 Å². The van der Waals surface area contributed by atoms with Crippen LogP contribution in [0.15, 0.2) is 138 Å². The number of aromatic nitrogens is 6. The fourth-order valence-electron chi connectivity index (χ4n) is 7.43. The zero-order valence-corrected chi connectivity index (χ0v) is 28.8. The summed E-state index contributed by atoms with van der Waals surface area (Å²) in [6.07, 6.45) is 18.4. The SMILES string of the molecule is CCCOc1cc(F)ccc1-c1nn(C(c2ccccc2)(c2ccccc2)C2C=CC=CC2)cc1-c1ccc2ncc(-c3noc(C4CC4)n3)n2c1. The van der Waals surface area contributed by atoms with Crippen LogP contribution in [-0.4, -0.2) is 35.9 Å². The number of pyridine rings is 1. The Bertz CT molecular complexity index is 2380. The van der Waals surface area contributed by atoms with E-state index in [1.165, 1.54) is 12.1 Å². The molecule has 2 aliphatic rings. The molecule has 4 heterocycles. The van der Waals surface area contributed by atoms with Gasteiger partial charge in [-0.15, -0.1) is 0 Å². The molecule has 0 radical (unpaired) electrons. The van der Waals surface area contributed by atoms with E-state index in [0.29, 0.717) is 41.2 Å². The minimum absolute atomic E-state index is 0.0218. The predicted molar refractivity (Wildman–Crippen MR) is 198 cm³/mol. The average Bonchev–Trinajstić information content (AvgIpc) is 3.55. The van der Waals surface area contributed by atoms with E-state index >= 15 is 0 Å². The summed E-state index contributed by atoms with van der Waals surface area (Å²) in [5, 5.41) is 9.84. The van der Waals surface area contributed by atoms with Gasteiger partial charge < -0.3 is 9.26 Å². The molecule has 0 bridgehead atoms. The van der Waals surface area contributed by atoms with Gasteiger partial charge in [0.15, 0.2) is 0 Å². The molecule has 9 heteroatoms. The zero-order chi connectivity index (χ0) is 35.1. The first kappa shape index (κ1) is 31.9. The lowest BCUT2D eigenvalue weighted by Gasteiger charge is -2.41. The second kappa shape index (κ2) is 13.2. The summed E-state index contributed by atoms with van der Waals surface area (Å²) in [6, 6.07) is 29.9. The van der Waals surface area contributed by atoms with E-state index < -0.39 is 5.54 Å². The highest BCUT2D eigenvalue weighted by Crippen LogP contribution is 2.47. The number of imidazole rings is 1. The maximum Gasteiger partial charge on any atom is 0.230 e. The van der Waals surface area contributed by atoms with Gasteiger partial charge in [0, 0.05) is 47.0 Å². The van der Waals surface area contributed by atoms with Crippen molar-refractivity contribution in [3.63, 3.8) is 0 Å². The Morgan fingerprint density at radius 1 is 0.904 bits per heavy atom. The zero-order valence-electron chi connectivity index (χ0n) is 28.8. The molecule has 8 nitrogen and oxygen atoms in total. The number of hydrogen-bond acceptors (Lipinski definition) is 6. The lowest BCUT2D eigenvalue weighted by atomic mass is 9.70. The van der Waals surface area contributed by atoms with Crippen LogP contribution in [0.5, 0.6) is 5.75 Å². The van der Waals surface area contributed by atoms with Gasteiger partial charge in [-0.25, -0.2) is 9.37 Å². The quantitative estimate of drug-likeness (QED) is 0.135. The largest absolute Gasteiger partial charge is 0.493 e. The van der Waals surface area contributed by atoms with Crippen molar-refractivity contribution in [1.29, 1.82) is 0 Å². The average molecular weight is 689 g/mol. The van der Waals surface area contributed by atoms with Crippen molar-refractivity contribution in [1.82, 2.24) is 29.3 Å². The number of allylic oxidation sites excluding steroid dienone is 4. The fourth-order valence-corrected chi connectivity index (χ4v) is 7.43. The number of ether oxygens (including phenoxy) is 1. The van der Waals surface area contributed by atoms with E-state index in [2.05, 4.69) is 99.9 Å².